The van der Waals surface area contributed by atoms with Crippen LogP contribution in [0.4, 0.5) is 0 Å². The van der Waals surface area contributed by atoms with Crippen molar-refractivity contribution < 1.29 is 4.74 Å². The molecular formula is C15H15Cl2NOS. The van der Waals surface area contributed by atoms with Crippen molar-refractivity contribution in [2.24, 2.45) is 0 Å². The van der Waals surface area contributed by atoms with Crippen LogP contribution in [0, 0.1) is 0 Å². The Morgan fingerprint density at radius 2 is 2.15 bits per heavy atom. The van der Waals surface area contributed by atoms with Crippen LogP contribution in [0.5, 0.6) is 0 Å². The van der Waals surface area contributed by atoms with E-state index in [4.69, 9.17) is 27.9 Å². The van der Waals surface area contributed by atoms with Gasteiger partial charge in [-0.2, -0.15) is 0 Å². The summed E-state index contributed by atoms with van der Waals surface area (Å²) in [5, 5.41) is 6.50. The summed E-state index contributed by atoms with van der Waals surface area (Å²) in [4.78, 5) is 1.31. The normalized spacial score (nSPS) is 21.8. The van der Waals surface area contributed by atoms with E-state index >= 15 is 0 Å². The van der Waals surface area contributed by atoms with Gasteiger partial charge >= 0.3 is 0 Å². The second kappa shape index (κ2) is 6.04. The second-order valence-corrected chi connectivity index (χ2v) is 6.61. The molecule has 2 atom stereocenters. The van der Waals surface area contributed by atoms with E-state index in [0.717, 1.165) is 12.1 Å². The molecule has 0 saturated heterocycles. The van der Waals surface area contributed by atoms with Crippen LogP contribution in [0.1, 0.15) is 28.0 Å². The monoisotopic (exact) mass is 327 g/mol. The maximum absolute atomic E-state index is 6.13. The van der Waals surface area contributed by atoms with E-state index in [1.165, 1.54) is 10.4 Å². The van der Waals surface area contributed by atoms with Crippen LogP contribution in [-0.2, 0) is 4.74 Å². The molecule has 2 nitrogen and oxygen atoms in total. The van der Waals surface area contributed by atoms with Gasteiger partial charge in [0.25, 0.3) is 0 Å². The average molecular weight is 328 g/mol. The SMILES string of the molecule is CNC[C@H]1OC[C@H](c2ccc(Cl)c(Cl)c2)c2ccsc21. The molecule has 0 aliphatic carbocycles. The number of halogens is 2. The number of fused-ring (bicyclic) bond motifs is 1. The van der Waals surface area contributed by atoms with Gasteiger partial charge in [0.05, 0.1) is 16.7 Å². The van der Waals surface area contributed by atoms with Crippen LogP contribution in [-0.4, -0.2) is 20.2 Å². The van der Waals surface area contributed by atoms with Gasteiger partial charge in [-0.3, -0.25) is 0 Å². The van der Waals surface area contributed by atoms with Crippen molar-refractivity contribution in [3.8, 4) is 0 Å². The lowest BCUT2D eigenvalue weighted by molar-refractivity contribution is 0.0383. The third-order valence-electron chi connectivity index (χ3n) is 3.59. The van der Waals surface area contributed by atoms with E-state index in [1.807, 2.05) is 25.2 Å². The molecule has 0 unspecified atom stereocenters. The smallest absolute Gasteiger partial charge is 0.104 e. The Kier molecular flexibility index (Phi) is 4.34. The van der Waals surface area contributed by atoms with Crippen LogP contribution in [0.15, 0.2) is 29.6 Å². The second-order valence-electron chi connectivity index (χ2n) is 4.85. The predicted molar refractivity (Wildman–Crippen MR) is 85.2 cm³/mol. The number of nitrogens with one attached hydrogen (secondary N) is 1. The van der Waals surface area contributed by atoms with Crippen LogP contribution in [0.25, 0.3) is 0 Å². The minimum Gasteiger partial charge on any atom is -0.370 e. The molecule has 1 aromatic heterocycles. The minimum atomic E-state index is 0.147. The Labute approximate surface area is 132 Å². The van der Waals surface area contributed by atoms with E-state index in [0.29, 0.717) is 16.7 Å². The molecule has 2 aromatic rings. The van der Waals surface area contributed by atoms with Crippen molar-refractivity contribution in [1.29, 1.82) is 0 Å². The number of thiophene rings is 1. The third-order valence-corrected chi connectivity index (χ3v) is 5.36. The van der Waals surface area contributed by atoms with Gasteiger partial charge in [-0.15, -0.1) is 11.3 Å². The Balaban J connectivity index is 1.96. The zero-order valence-electron chi connectivity index (χ0n) is 11.0. The first kappa shape index (κ1) is 14.4. The van der Waals surface area contributed by atoms with Crippen molar-refractivity contribution in [1.82, 2.24) is 5.32 Å². The Morgan fingerprint density at radius 3 is 2.90 bits per heavy atom. The summed E-state index contributed by atoms with van der Waals surface area (Å²) in [5.41, 5.74) is 2.50. The topological polar surface area (TPSA) is 21.3 Å². The lowest BCUT2D eigenvalue weighted by Gasteiger charge is -2.29. The van der Waals surface area contributed by atoms with E-state index in [9.17, 15) is 0 Å². The van der Waals surface area contributed by atoms with E-state index in [2.05, 4.69) is 16.8 Å². The highest BCUT2D eigenvalue weighted by molar-refractivity contribution is 7.10. The van der Waals surface area contributed by atoms with Crippen LogP contribution >= 0.6 is 34.5 Å². The summed E-state index contributed by atoms with van der Waals surface area (Å²) in [6.45, 7) is 1.51. The summed E-state index contributed by atoms with van der Waals surface area (Å²) < 4.78 is 6.01. The Hall–Kier alpha value is -0.580. The van der Waals surface area contributed by atoms with Crippen molar-refractivity contribution in [2.45, 2.75) is 12.0 Å². The predicted octanol–water partition coefficient (Wildman–Crippen LogP) is 4.48. The molecule has 3 rings (SSSR count). The summed E-state index contributed by atoms with van der Waals surface area (Å²) in [6, 6.07) is 8.02. The van der Waals surface area contributed by atoms with Crippen LogP contribution < -0.4 is 5.32 Å². The van der Waals surface area contributed by atoms with Crippen molar-refractivity contribution in [3.05, 3.63) is 55.7 Å². The maximum Gasteiger partial charge on any atom is 0.104 e. The first-order valence-electron chi connectivity index (χ1n) is 6.49. The highest BCUT2D eigenvalue weighted by Gasteiger charge is 2.29. The van der Waals surface area contributed by atoms with Crippen molar-refractivity contribution >= 4 is 34.5 Å². The van der Waals surface area contributed by atoms with Crippen LogP contribution in [0.2, 0.25) is 10.0 Å². The molecule has 0 saturated carbocycles. The fourth-order valence-corrected chi connectivity index (χ4v) is 3.92. The molecule has 1 aromatic carbocycles. The number of likely N-dealkylation sites (N-methyl/N-ethyl adjacent to an activating group) is 1. The number of rotatable bonds is 3. The Morgan fingerprint density at radius 1 is 1.30 bits per heavy atom. The Bertz CT molecular complexity index is 614. The number of hydrogen-bond acceptors (Lipinski definition) is 3. The molecule has 0 spiro atoms. The molecule has 1 aliphatic rings. The maximum atomic E-state index is 6.13. The largest absolute Gasteiger partial charge is 0.370 e. The third kappa shape index (κ3) is 2.61. The summed E-state index contributed by atoms with van der Waals surface area (Å²) >= 11 is 13.9. The number of benzene rings is 1. The van der Waals surface area contributed by atoms with Gasteiger partial charge in [0, 0.05) is 17.3 Å². The van der Waals surface area contributed by atoms with E-state index in [-0.39, 0.29) is 12.0 Å². The van der Waals surface area contributed by atoms with Gasteiger partial charge in [-0.1, -0.05) is 29.3 Å². The highest BCUT2D eigenvalue weighted by Crippen LogP contribution is 2.41. The highest BCUT2D eigenvalue weighted by atomic mass is 35.5. The van der Waals surface area contributed by atoms with Gasteiger partial charge in [-0.05, 0) is 41.8 Å². The standard InChI is InChI=1S/C15H15Cl2NOS/c1-18-7-14-15-10(4-5-20-15)11(8-19-14)9-2-3-12(16)13(17)6-9/h2-6,11,14,18H,7-8H2,1H3/t11-,14-/m1/s1. The van der Waals surface area contributed by atoms with Gasteiger partial charge in [0.15, 0.2) is 0 Å². The molecule has 0 amide bonds. The number of ether oxygens (including phenoxy) is 1. The molecule has 5 heteroatoms. The molecule has 2 heterocycles. The van der Waals surface area contributed by atoms with Crippen molar-refractivity contribution in [3.63, 3.8) is 0 Å². The summed E-state index contributed by atoms with van der Waals surface area (Å²) in [6.07, 6.45) is 0.147. The molecule has 106 valence electrons. The molecule has 0 radical (unpaired) electrons. The van der Waals surface area contributed by atoms with Crippen LogP contribution in [0.3, 0.4) is 0 Å². The van der Waals surface area contributed by atoms with E-state index < -0.39 is 0 Å². The number of hydrogen-bond donors (Lipinski definition) is 1. The average Bonchev–Trinajstić information content (AvgIpc) is 2.92. The van der Waals surface area contributed by atoms with Gasteiger partial charge in [0.1, 0.15) is 6.10 Å². The molecule has 20 heavy (non-hydrogen) atoms. The summed E-state index contributed by atoms with van der Waals surface area (Å²) in [7, 11) is 1.95. The lowest BCUT2D eigenvalue weighted by Crippen LogP contribution is -2.26. The molecular weight excluding hydrogens is 313 g/mol. The molecule has 1 aliphatic heterocycles. The minimum absolute atomic E-state index is 0.147. The fraction of sp³-hybridized carbons (Fsp3) is 0.333. The van der Waals surface area contributed by atoms with Gasteiger partial charge < -0.3 is 10.1 Å². The van der Waals surface area contributed by atoms with Gasteiger partial charge in [0.2, 0.25) is 0 Å². The zero-order chi connectivity index (χ0) is 14.1. The molecule has 1 N–H and O–H groups in total. The zero-order valence-corrected chi connectivity index (χ0v) is 13.4. The quantitative estimate of drug-likeness (QED) is 0.897. The lowest BCUT2D eigenvalue weighted by atomic mass is 9.89. The fourth-order valence-electron chi connectivity index (χ4n) is 2.60. The first-order chi connectivity index (χ1) is 9.70. The van der Waals surface area contributed by atoms with E-state index in [1.54, 1.807) is 11.3 Å². The van der Waals surface area contributed by atoms with Gasteiger partial charge in [-0.25, -0.2) is 0 Å². The molecule has 0 fully saturated rings. The van der Waals surface area contributed by atoms with Crippen molar-refractivity contribution in [2.75, 3.05) is 20.2 Å². The summed E-state index contributed by atoms with van der Waals surface area (Å²) in [5.74, 6) is 0.235. The molecule has 0 bridgehead atoms. The first-order valence-corrected chi connectivity index (χ1v) is 8.12.